The highest BCUT2D eigenvalue weighted by atomic mass is 32.2. The number of amides is 1. The molecule has 1 unspecified atom stereocenters. The lowest BCUT2D eigenvalue weighted by Gasteiger charge is -2.46. The Morgan fingerprint density at radius 2 is 2.00 bits per heavy atom. The number of fused-ring (bicyclic) bond motifs is 1. The monoisotopic (exact) mass is 382 g/mol. The van der Waals surface area contributed by atoms with Crippen LogP contribution < -0.4 is 14.4 Å². The van der Waals surface area contributed by atoms with Crippen molar-refractivity contribution in [2.24, 2.45) is 0 Å². The number of carbonyl (C=O) groups excluding carboxylic acids is 1. The van der Waals surface area contributed by atoms with Gasteiger partial charge in [0, 0.05) is 6.42 Å². The molecular weight excluding hydrogens is 365 g/mol. The quantitative estimate of drug-likeness (QED) is 0.783. The highest BCUT2D eigenvalue weighted by Gasteiger charge is 2.48. The zero-order chi connectivity index (χ0) is 19.2. The van der Waals surface area contributed by atoms with Gasteiger partial charge in [-0.1, -0.05) is 6.92 Å². The Labute approximate surface area is 142 Å². The van der Waals surface area contributed by atoms with E-state index in [0.717, 1.165) is 12.1 Å². The van der Waals surface area contributed by atoms with E-state index in [1.807, 2.05) is 0 Å². The SMILES string of the molecule is CCC(=O)NC1N(S(=O)(=O)O)c2cc(C(F)(F)F)ccc2OC1(C)C. The first-order chi connectivity index (χ1) is 11.3. The fourth-order valence-electron chi connectivity index (χ4n) is 2.46. The number of hydrogen-bond acceptors (Lipinski definition) is 4. The van der Waals surface area contributed by atoms with Crippen LogP contribution in [-0.4, -0.2) is 30.6 Å². The molecule has 1 heterocycles. The van der Waals surface area contributed by atoms with Crippen molar-refractivity contribution in [1.82, 2.24) is 5.32 Å². The topological polar surface area (TPSA) is 95.9 Å². The van der Waals surface area contributed by atoms with Gasteiger partial charge < -0.3 is 10.1 Å². The van der Waals surface area contributed by atoms with E-state index in [1.54, 1.807) is 0 Å². The van der Waals surface area contributed by atoms with Crippen molar-refractivity contribution in [2.75, 3.05) is 4.31 Å². The Kier molecular flexibility index (Phi) is 4.68. The number of ether oxygens (including phenoxy) is 1. The van der Waals surface area contributed by atoms with Crippen LogP contribution >= 0.6 is 0 Å². The predicted octanol–water partition coefficient (Wildman–Crippen LogP) is 2.34. The summed E-state index contributed by atoms with van der Waals surface area (Å²) in [7, 11) is -5.00. The fourth-order valence-corrected chi connectivity index (χ4v) is 3.42. The summed E-state index contributed by atoms with van der Waals surface area (Å²) in [5.41, 5.74) is -2.99. The highest BCUT2D eigenvalue weighted by Crippen LogP contribution is 2.44. The lowest BCUT2D eigenvalue weighted by Crippen LogP contribution is -2.65. The zero-order valence-electron chi connectivity index (χ0n) is 13.6. The minimum absolute atomic E-state index is 0.00133. The summed E-state index contributed by atoms with van der Waals surface area (Å²) in [6.45, 7) is 4.39. The van der Waals surface area contributed by atoms with Crippen LogP contribution in [-0.2, 0) is 21.3 Å². The Balaban J connectivity index is 2.68. The molecule has 0 radical (unpaired) electrons. The molecule has 140 valence electrons. The summed E-state index contributed by atoms with van der Waals surface area (Å²) in [6.07, 6.45) is -6.16. The third-order valence-electron chi connectivity index (χ3n) is 3.66. The maximum absolute atomic E-state index is 13.0. The number of hydrogen-bond donors (Lipinski definition) is 2. The van der Waals surface area contributed by atoms with Gasteiger partial charge in [-0.25, -0.2) is 4.31 Å². The van der Waals surface area contributed by atoms with Gasteiger partial charge in [0.05, 0.1) is 11.3 Å². The lowest BCUT2D eigenvalue weighted by atomic mass is 10.0. The second kappa shape index (κ2) is 6.06. The van der Waals surface area contributed by atoms with E-state index in [2.05, 4.69) is 5.32 Å². The van der Waals surface area contributed by atoms with Crippen LogP contribution in [0.1, 0.15) is 32.8 Å². The van der Waals surface area contributed by atoms with Crippen LogP contribution in [0.25, 0.3) is 0 Å². The minimum atomic E-state index is -5.00. The van der Waals surface area contributed by atoms with Crippen molar-refractivity contribution in [3.8, 4) is 5.75 Å². The van der Waals surface area contributed by atoms with Gasteiger partial charge in [-0.15, -0.1) is 0 Å². The van der Waals surface area contributed by atoms with E-state index in [0.29, 0.717) is 10.4 Å². The summed E-state index contributed by atoms with van der Waals surface area (Å²) in [5.74, 6) is -0.733. The standard InChI is InChI=1S/C14H17F3N2O5S/c1-4-11(20)18-12-13(2,3)24-10-6-5-8(14(15,16)17)7-9(10)19(12)25(21,22)23/h5-7,12H,4H2,1-3H3,(H,18,20)(H,21,22,23). The van der Waals surface area contributed by atoms with Crippen LogP contribution in [0.3, 0.4) is 0 Å². The Morgan fingerprint density at radius 3 is 2.48 bits per heavy atom. The molecule has 2 rings (SSSR count). The molecular formula is C14H17F3N2O5S. The van der Waals surface area contributed by atoms with Crippen LogP contribution in [0.5, 0.6) is 5.75 Å². The lowest BCUT2D eigenvalue weighted by molar-refractivity contribution is -0.137. The molecule has 0 saturated heterocycles. The highest BCUT2D eigenvalue weighted by molar-refractivity contribution is 7.87. The molecule has 1 aliphatic rings. The Morgan fingerprint density at radius 1 is 1.40 bits per heavy atom. The maximum atomic E-state index is 13.0. The van der Waals surface area contributed by atoms with E-state index in [1.165, 1.54) is 20.8 Å². The number of carbonyl (C=O) groups is 1. The van der Waals surface area contributed by atoms with Gasteiger partial charge >= 0.3 is 16.5 Å². The molecule has 0 aliphatic carbocycles. The summed E-state index contributed by atoms with van der Waals surface area (Å²) in [5, 5.41) is 2.36. The molecule has 1 atom stereocenters. The average molecular weight is 382 g/mol. The molecule has 1 amide bonds. The zero-order valence-corrected chi connectivity index (χ0v) is 14.4. The van der Waals surface area contributed by atoms with Gasteiger partial charge in [0.15, 0.2) is 6.17 Å². The molecule has 0 saturated carbocycles. The number of nitrogens with one attached hydrogen (secondary N) is 1. The van der Waals surface area contributed by atoms with Gasteiger partial charge in [-0.3, -0.25) is 9.35 Å². The van der Waals surface area contributed by atoms with Gasteiger partial charge in [-0.05, 0) is 32.0 Å². The van der Waals surface area contributed by atoms with E-state index in [4.69, 9.17) is 4.74 Å². The first-order valence-electron chi connectivity index (χ1n) is 7.24. The van der Waals surface area contributed by atoms with E-state index in [-0.39, 0.29) is 12.2 Å². The van der Waals surface area contributed by atoms with E-state index in [9.17, 15) is 30.9 Å². The number of benzene rings is 1. The third-order valence-corrected chi connectivity index (χ3v) is 4.56. The molecule has 11 heteroatoms. The Bertz CT molecular complexity index is 792. The number of alkyl halides is 3. The molecule has 25 heavy (non-hydrogen) atoms. The fraction of sp³-hybridized carbons (Fsp3) is 0.500. The minimum Gasteiger partial charge on any atom is -0.481 e. The summed E-state index contributed by atoms with van der Waals surface area (Å²) < 4.78 is 78.1. The molecule has 2 N–H and O–H groups in total. The van der Waals surface area contributed by atoms with Crippen LogP contribution in [0.4, 0.5) is 18.9 Å². The normalized spacial score (nSPS) is 19.8. The second-order valence-corrected chi connectivity index (χ2v) is 7.27. The van der Waals surface area contributed by atoms with Crippen LogP contribution in [0, 0.1) is 0 Å². The van der Waals surface area contributed by atoms with Crippen molar-refractivity contribution >= 4 is 21.9 Å². The van der Waals surface area contributed by atoms with Crippen molar-refractivity contribution < 1.29 is 35.7 Å². The van der Waals surface area contributed by atoms with Crippen molar-refractivity contribution in [1.29, 1.82) is 0 Å². The largest absolute Gasteiger partial charge is 0.481 e. The van der Waals surface area contributed by atoms with Crippen LogP contribution in [0.15, 0.2) is 18.2 Å². The van der Waals surface area contributed by atoms with Crippen molar-refractivity contribution in [2.45, 2.75) is 45.1 Å². The van der Waals surface area contributed by atoms with Crippen LogP contribution in [0.2, 0.25) is 0 Å². The van der Waals surface area contributed by atoms with Crippen molar-refractivity contribution in [3.63, 3.8) is 0 Å². The number of rotatable bonds is 3. The van der Waals surface area contributed by atoms with E-state index < -0.39 is 45.4 Å². The predicted molar refractivity (Wildman–Crippen MR) is 82.4 cm³/mol. The number of nitrogens with zero attached hydrogens (tertiary/aromatic N) is 1. The van der Waals surface area contributed by atoms with Crippen molar-refractivity contribution in [3.05, 3.63) is 23.8 Å². The molecule has 0 spiro atoms. The smallest absolute Gasteiger partial charge is 0.416 e. The molecule has 0 bridgehead atoms. The summed E-state index contributed by atoms with van der Waals surface area (Å²) >= 11 is 0. The Hall–Kier alpha value is -2.01. The average Bonchev–Trinajstić information content (AvgIpc) is 2.44. The second-order valence-electron chi connectivity index (χ2n) is 5.98. The molecule has 1 aliphatic heterocycles. The summed E-state index contributed by atoms with van der Waals surface area (Å²) in [4.78, 5) is 11.7. The maximum Gasteiger partial charge on any atom is 0.416 e. The molecule has 1 aromatic carbocycles. The molecule has 0 aromatic heterocycles. The molecule has 7 nitrogen and oxygen atoms in total. The first kappa shape index (κ1) is 19.3. The molecule has 1 aromatic rings. The number of halogens is 3. The first-order valence-corrected chi connectivity index (χ1v) is 8.63. The van der Waals surface area contributed by atoms with Gasteiger partial charge in [0.1, 0.15) is 11.4 Å². The van der Waals surface area contributed by atoms with Gasteiger partial charge in [0.2, 0.25) is 5.91 Å². The van der Waals surface area contributed by atoms with E-state index >= 15 is 0 Å². The third kappa shape index (κ3) is 3.82. The van der Waals surface area contributed by atoms with Gasteiger partial charge in [-0.2, -0.15) is 21.6 Å². The summed E-state index contributed by atoms with van der Waals surface area (Å²) in [6, 6.07) is 2.25. The molecule has 0 fully saturated rings. The van der Waals surface area contributed by atoms with Gasteiger partial charge in [0.25, 0.3) is 0 Å². The number of anilines is 1.